The molecule has 2 N–H and O–H groups in total. The second-order valence-corrected chi connectivity index (χ2v) is 7.08. The Kier molecular flexibility index (Phi) is 6.18. The van der Waals surface area contributed by atoms with Crippen LogP contribution >= 0.6 is 11.6 Å². The smallest absolute Gasteiger partial charge is 0.340 e. The third-order valence-electron chi connectivity index (χ3n) is 3.11. The van der Waals surface area contributed by atoms with Crippen LogP contribution in [0.1, 0.15) is 16.1 Å². The molecule has 8 nitrogen and oxygen atoms in total. The van der Waals surface area contributed by atoms with Gasteiger partial charge in [0.2, 0.25) is 10.0 Å². The van der Waals surface area contributed by atoms with Gasteiger partial charge in [-0.05, 0) is 37.4 Å². The lowest BCUT2D eigenvalue weighted by molar-refractivity contribution is -0.124. The number of halogens is 1. The van der Waals surface area contributed by atoms with Gasteiger partial charge in [-0.1, -0.05) is 11.6 Å². The Bertz CT molecular complexity index is 864. The van der Waals surface area contributed by atoms with Gasteiger partial charge < -0.3 is 14.5 Å². The van der Waals surface area contributed by atoms with Crippen LogP contribution in [0.2, 0.25) is 5.02 Å². The predicted octanol–water partition coefficient (Wildman–Crippen LogP) is 1.31. The summed E-state index contributed by atoms with van der Waals surface area (Å²) in [5.41, 5.74) is -0.156. The minimum atomic E-state index is -3.74. The molecule has 1 aromatic carbocycles. The highest BCUT2D eigenvalue weighted by Gasteiger charge is 2.19. The average Bonchev–Trinajstić information content (AvgIpc) is 3.11. The standard InChI is InChI=1S/C15H15ClN2O6S/c1-17-25(21,22)11-4-5-13(16)12(7-11)15(20)24-9-14(19)18-8-10-3-2-6-23-10/h2-7,17H,8-9H2,1H3,(H,18,19). The van der Waals surface area contributed by atoms with Crippen molar-refractivity contribution in [1.29, 1.82) is 0 Å². The highest BCUT2D eigenvalue weighted by atomic mass is 35.5. The monoisotopic (exact) mass is 386 g/mol. The van der Waals surface area contributed by atoms with Crippen LogP contribution in [0, 0.1) is 0 Å². The first-order valence-corrected chi connectivity index (χ1v) is 8.89. The summed E-state index contributed by atoms with van der Waals surface area (Å²) < 4.78 is 35.6. The lowest BCUT2D eigenvalue weighted by Crippen LogP contribution is -2.28. The van der Waals surface area contributed by atoms with E-state index in [1.54, 1.807) is 12.1 Å². The molecule has 25 heavy (non-hydrogen) atoms. The van der Waals surface area contributed by atoms with Gasteiger partial charge in [0.15, 0.2) is 6.61 Å². The van der Waals surface area contributed by atoms with Crippen LogP contribution in [-0.4, -0.2) is 33.9 Å². The Morgan fingerprint density at radius 2 is 2.04 bits per heavy atom. The summed E-state index contributed by atoms with van der Waals surface area (Å²) in [5.74, 6) is -0.904. The lowest BCUT2D eigenvalue weighted by Gasteiger charge is -2.09. The molecule has 0 spiro atoms. The molecule has 1 heterocycles. The normalized spacial score (nSPS) is 11.1. The Hall–Kier alpha value is -2.36. The fourth-order valence-corrected chi connectivity index (χ4v) is 2.76. The molecular weight excluding hydrogens is 372 g/mol. The summed E-state index contributed by atoms with van der Waals surface area (Å²) >= 11 is 5.90. The van der Waals surface area contributed by atoms with Crippen LogP contribution in [0.5, 0.6) is 0 Å². The molecule has 0 atom stereocenters. The molecule has 1 aromatic heterocycles. The van der Waals surface area contributed by atoms with Crippen LogP contribution in [0.3, 0.4) is 0 Å². The van der Waals surface area contributed by atoms with Crippen molar-refractivity contribution in [3.05, 3.63) is 52.9 Å². The number of furan rings is 1. The molecule has 0 aliphatic heterocycles. The van der Waals surface area contributed by atoms with Crippen molar-refractivity contribution in [1.82, 2.24) is 10.0 Å². The molecule has 0 aliphatic carbocycles. The van der Waals surface area contributed by atoms with E-state index in [4.69, 9.17) is 20.8 Å². The second kappa shape index (κ2) is 8.15. The summed E-state index contributed by atoms with van der Waals surface area (Å²) in [5, 5.41) is 2.51. The first-order valence-electron chi connectivity index (χ1n) is 7.03. The van der Waals surface area contributed by atoms with Crippen molar-refractivity contribution >= 4 is 33.5 Å². The van der Waals surface area contributed by atoms with Gasteiger partial charge in [0.1, 0.15) is 5.76 Å². The number of hydrogen-bond acceptors (Lipinski definition) is 6. The second-order valence-electron chi connectivity index (χ2n) is 4.78. The Balaban J connectivity index is 1.98. The van der Waals surface area contributed by atoms with Crippen LogP contribution in [0.4, 0.5) is 0 Å². The molecule has 0 bridgehead atoms. The largest absolute Gasteiger partial charge is 0.467 e. The summed E-state index contributed by atoms with van der Waals surface area (Å²) in [6.45, 7) is -0.390. The zero-order chi connectivity index (χ0) is 18.4. The fraction of sp³-hybridized carbons (Fsp3) is 0.200. The maximum absolute atomic E-state index is 12.0. The van der Waals surface area contributed by atoms with E-state index >= 15 is 0 Å². The van der Waals surface area contributed by atoms with Crippen molar-refractivity contribution in [3.8, 4) is 0 Å². The summed E-state index contributed by atoms with van der Waals surface area (Å²) in [6.07, 6.45) is 1.47. The van der Waals surface area contributed by atoms with Gasteiger partial charge in [-0.25, -0.2) is 17.9 Å². The van der Waals surface area contributed by atoms with Gasteiger partial charge >= 0.3 is 5.97 Å². The summed E-state index contributed by atoms with van der Waals surface area (Å²) in [6, 6.07) is 6.95. The Morgan fingerprint density at radius 1 is 1.28 bits per heavy atom. The maximum Gasteiger partial charge on any atom is 0.340 e. The number of sulfonamides is 1. The minimum absolute atomic E-state index is 0.0102. The zero-order valence-electron chi connectivity index (χ0n) is 13.1. The molecule has 134 valence electrons. The van der Waals surface area contributed by atoms with Crippen molar-refractivity contribution < 1.29 is 27.2 Å². The molecular formula is C15H15ClN2O6S. The highest BCUT2D eigenvalue weighted by molar-refractivity contribution is 7.89. The average molecular weight is 387 g/mol. The first kappa shape index (κ1) is 19.0. The maximum atomic E-state index is 12.0. The van der Waals surface area contributed by atoms with E-state index in [1.165, 1.54) is 25.4 Å². The van der Waals surface area contributed by atoms with E-state index in [0.29, 0.717) is 5.76 Å². The van der Waals surface area contributed by atoms with Crippen LogP contribution < -0.4 is 10.0 Å². The van der Waals surface area contributed by atoms with Crippen molar-refractivity contribution in [2.24, 2.45) is 0 Å². The van der Waals surface area contributed by atoms with Crippen molar-refractivity contribution in [2.45, 2.75) is 11.4 Å². The Labute approximate surface area is 149 Å². The minimum Gasteiger partial charge on any atom is -0.467 e. The number of amides is 1. The number of hydrogen-bond donors (Lipinski definition) is 2. The molecule has 0 unspecified atom stereocenters. The van der Waals surface area contributed by atoms with E-state index in [9.17, 15) is 18.0 Å². The molecule has 0 saturated carbocycles. The third-order valence-corrected chi connectivity index (χ3v) is 4.85. The quantitative estimate of drug-likeness (QED) is 0.693. The van der Waals surface area contributed by atoms with Crippen LogP contribution in [0.15, 0.2) is 45.9 Å². The molecule has 0 saturated heterocycles. The summed E-state index contributed by atoms with van der Waals surface area (Å²) in [4.78, 5) is 23.6. The highest BCUT2D eigenvalue weighted by Crippen LogP contribution is 2.21. The van der Waals surface area contributed by atoms with Crippen molar-refractivity contribution in [2.75, 3.05) is 13.7 Å². The molecule has 1 amide bonds. The molecule has 10 heteroatoms. The number of benzene rings is 1. The van der Waals surface area contributed by atoms with Gasteiger partial charge in [-0.2, -0.15) is 0 Å². The predicted molar refractivity (Wildman–Crippen MR) is 88.5 cm³/mol. The molecule has 2 aromatic rings. The van der Waals surface area contributed by atoms with Gasteiger partial charge in [0.05, 0.1) is 28.3 Å². The molecule has 0 fully saturated rings. The van der Waals surface area contributed by atoms with E-state index in [0.717, 1.165) is 6.07 Å². The fourth-order valence-electron chi connectivity index (χ4n) is 1.80. The SMILES string of the molecule is CNS(=O)(=O)c1ccc(Cl)c(C(=O)OCC(=O)NCc2ccco2)c1. The molecule has 0 aliphatic rings. The van der Waals surface area contributed by atoms with Gasteiger partial charge in [0.25, 0.3) is 5.91 Å². The van der Waals surface area contributed by atoms with Gasteiger partial charge in [-0.3, -0.25) is 4.79 Å². The number of esters is 1. The molecule has 2 rings (SSSR count). The molecule has 0 radical (unpaired) electrons. The van der Waals surface area contributed by atoms with E-state index < -0.39 is 28.5 Å². The number of carbonyl (C=O) groups excluding carboxylic acids is 2. The summed E-state index contributed by atoms with van der Waals surface area (Å²) in [7, 11) is -2.50. The first-order chi connectivity index (χ1) is 11.8. The van der Waals surface area contributed by atoms with Crippen LogP contribution in [-0.2, 0) is 26.1 Å². The topological polar surface area (TPSA) is 115 Å². The van der Waals surface area contributed by atoms with E-state index in [1.807, 2.05) is 0 Å². The number of ether oxygens (including phenoxy) is 1. The van der Waals surface area contributed by atoms with E-state index in [2.05, 4.69) is 10.0 Å². The van der Waals surface area contributed by atoms with Crippen molar-refractivity contribution in [3.63, 3.8) is 0 Å². The lowest BCUT2D eigenvalue weighted by atomic mass is 10.2. The van der Waals surface area contributed by atoms with Gasteiger partial charge in [0, 0.05) is 0 Å². The number of nitrogens with one attached hydrogen (secondary N) is 2. The van der Waals surface area contributed by atoms with E-state index in [-0.39, 0.29) is 22.0 Å². The van der Waals surface area contributed by atoms with Gasteiger partial charge in [-0.15, -0.1) is 0 Å². The number of rotatable bonds is 7. The third kappa shape index (κ3) is 5.05. The van der Waals surface area contributed by atoms with Crippen LogP contribution in [0.25, 0.3) is 0 Å². The number of carbonyl (C=O) groups is 2. The zero-order valence-corrected chi connectivity index (χ0v) is 14.7. The Morgan fingerprint density at radius 3 is 2.68 bits per heavy atom.